The predicted octanol–water partition coefficient (Wildman–Crippen LogP) is 3.54. The standard InChI is InChI=1S/C18H27N3O2S/c1-3-11(2)19-15(22)10-24-17-21-20-16(23-17)18-7-12-4-13(8-18)6-14(5-12)9-18/h11-14H,3-10H2,1-2H3,(H,19,22)/t11-,12?,13?,14?,18?/m0/s1. The third-order valence-electron chi connectivity index (χ3n) is 6.24. The van der Waals surface area contributed by atoms with E-state index in [-0.39, 0.29) is 17.4 Å². The zero-order valence-corrected chi connectivity index (χ0v) is 15.4. The van der Waals surface area contributed by atoms with Crippen LogP contribution < -0.4 is 5.32 Å². The second kappa shape index (κ2) is 6.36. The lowest BCUT2D eigenvalue weighted by atomic mass is 9.49. The van der Waals surface area contributed by atoms with Crippen molar-refractivity contribution in [1.82, 2.24) is 15.5 Å². The Hall–Kier alpha value is -1.04. The van der Waals surface area contributed by atoms with Crippen LogP contribution in [0.15, 0.2) is 9.64 Å². The summed E-state index contributed by atoms with van der Waals surface area (Å²) in [6.45, 7) is 4.08. The first kappa shape index (κ1) is 16.4. The summed E-state index contributed by atoms with van der Waals surface area (Å²) < 4.78 is 6.01. The van der Waals surface area contributed by atoms with Gasteiger partial charge in [0.15, 0.2) is 0 Å². The van der Waals surface area contributed by atoms with Gasteiger partial charge in [-0.05, 0) is 69.6 Å². The van der Waals surface area contributed by atoms with Crippen LogP contribution >= 0.6 is 11.8 Å². The van der Waals surface area contributed by atoms with E-state index in [2.05, 4.69) is 22.4 Å². The summed E-state index contributed by atoms with van der Waals surface area (Å²) in [5, 5.41) is 12.1. The van der Waals surface area contributed by atoms with E-state index in [0.717, 1.165) is 30.1 Å². The van der Waals surface area contributed by atoms with Crippen LogP contribution in [0.1, 0.15) is 64.7 Å². The van der Waals surface area contributed by atoms with Gasteiger partial charge in [0.1, 0.15) is 0 Å². The molecule has 0 radical (unpaired) electrons. The van der Waals surface area contributed by atoms with E-state index in [1.165, 1.54) is 50.3 Å². The quantitative estimate of drug-likeness (QED) is 0.796. The van der Waals surface area contributed by atoms with Crippen molar-refractivity contribution in [2.24, 2.45) is 17.8 Å². The molecule has 6 heteroatoms. The molecule has 4 fully saturated rings. The van der Waals surface area contributed by atoms with E-state index in [0.29, 0.717) is 11.0 Å². The molecule has 1 aromatic rings. The van der Waals surface area contributed by atoms with E-state index in [1.54, 1.807) is 0 Å². The van der Waals surface area contributed by atoms with Crippen LogP contribution in [0, 0.1) is 17.8 Å². The summed E-state index contributed by atoms with van der Waals surface area (Å²) in [5.74, 6) is 3.80. The zero-order chi connectivity index (χ0) is 16.7. The molecule has 0 aromatic carbocycles. The fourth-order valence-electron chi connectivity index (χ4n) is 5.40. The summed E-state index contributed by atoms with van der Waals surface area (Å²) >= 11 is 1.35. The number of rotatable bonds is 6. The highest BCUT2D eigenvalue weighted by Gasteiger charge is 2.54. The summed E-state index contributed by atoms with van der Waals surface area (Å²) in [6, 6.07) is 0.211. The Bertz CT molecular complexity index is 580. The number of hydrogen-bond acceptors (Lipinski definition) is 5. The van der Waals surface area contributed by atoms with Crippen molar-refractivity contribution in [2.45, 2.75) is 75.5 Å². The summed E-state index contributed by atoms with van der Waals surface area (Å²) in [4.78, 5) is 11.9. The van der Waals surface area contributed by atoms with Crippen LogP contribution in [0.5, 0.6) is 0 Å². The smallest absolute Gasteiger partial charge is 0.277 e. The van der Waals surface area contributed by atoms with Crippen molar-refractivity contribution >= 4 is 17.7 Å². The summed E-state index contributed by atoms with van der Waals surface area (Å²) in [7, 11) is 0. The van der Waals surface area contributed by atoms with Gasteiger partial charge in [-0.3, -0.25) is 4.79 Å². The molecule has 4 aliphatic carbocycles. The summed E-state index contributed by atoms with van der Waals surface area (Å²) in [5.41, 5.74) is 0.138. The molecule has 0 aliphatic heterocycles. The maximum Gasteiger partial charge on any atom is 0.277 e. The minimum absolute atomic E-state index is 0.0314. The van der Waals surface area contributed by atoms with Crippen molar-refractivity contribution < 1.29 is 9.21 Å². The Kier molecular flexibility index (Phi) is 4.35. The monoisotopic (exact) mass is 349 g/mol. The van der Waals surface area contributed by atoms with Crippen LogP contribution in [-0.2, 0) is 10.2 Å². The van der Waals surface area contributed by atoms with Crippen LogP contribution in [0.4, 0.5) is 0 Å². The van der Waals surface area contributed by atoms with E-state index in [9.17, 15) is 4.79 Å². The lowest BCUT2D eigenvalue weighted by Gasteiger charge is -2.55. The first-order valence-electron chi connectivity index (χ1n) is 9.32. The minimum atomic E-state index is 0.0314. The van der Waals surface area contributed by atoms with Crippen molar-refractivity contribution in [3.05, 3.63) is 5.89 Å². The second-order valence-corrected chi connectivity index (χ2v) is 9.16. The van der Waals surface area contributed by atoms with E-state index in [4.69, 9.17) is 4.42 Å². The molecule has 1 heterocycles. The molecule has 1 atom stereocenters. The Labute approximate surface area is 147 Å². The highest BCUT2D eigenvalue weighted by Crippen LogP contribution is 2.60. The van der Waals surface area contributed by atoms with Gasteiger partial charge in [0.25, 0.3) is 5.22 Å². The predicted molar refractivity (Wildman–Crippen MR) is 92.8 cm³/mol. The lowest BCUT2D eigenvalue weighted by molar-refractivity contribution is -0.119. The molecular formula is C18H27N3O2S. The normalized spacial score (nSPS) is 35.2. The topological polar surface area (TPSA) is 68.0 Å². The average Bonchev–Trinajstić information content (AvgIpc) is 3.01. The first-order valence-corrected chi connectivity index (χ1v) is 10.3. The number of aromatic nitrogens is 2. The average molecular weight is 350 g/mol. The minimum Gasteiger partial charge on any atom is -0.415 e. The third kappa shape index (κ3) is 3.09. The molecule has 4 saturated carbocycles. The molecule has 24 heavy (non-hydrogen) atoms. The van der Waals surface area contributed by atoms with Crippen LogP contribution in [0.25, 0.3) is 0 Å². The van der Waals surface area contributed by atoms with Gasteiger partial charge in [-0.2, -0.15) is 0 Å². The SMILES string of the molecule is CC[C@H](C)NC(=O)CSc1nnc(C23CC4CC(CC(C4)C2)C3)o1. The van der Waals surface area contributed by atoms with Gasteiger partial charge in [0.2, 0.25) is 11.8 Å². The molecular weight excluding hydrogens is 322 g/mol. The second-order valence-electron chi connectivity index (χ2n) is 8.24. The first-order chi connectivity index (χ1) is 11.6. The van der Waals surface area contributed by atoms with Gasteiger partial charge in [-0.25, -0.2) is 0 Å². The Morgan fingerprint density at radius 2 is 1.88 bits per heavy atom. The molecule has 1 N–H and O–H groups in total. The maximum atomic E-state index is 11.9. The van der Waals surface area contributed by atoms with Crippen LogP contribution in [0.3, 0.4) is 0 Å². The number of thioether (sulfide) groups is 1. The molecule has 1 amide bonds. The number of amides is 1. The Morgan fingerprint density at radius 1 is 1.25 bits per heavy atom. The van der Waals surface area contributed by atoms with Gasteiger partial charge in [0, 0.05) is 11.5 Å². The van der Waals surface area contributed by atoms with E-state index in [1.807, 2.05) is 6.92 Å². The number of carbonyl (C=O) groups excluding carboxylic acids is 1. The van der Waals surface area contributed by atoms with Gasteiger partial charge in [0.05, 0.1) is 5.75 Å². The third-order valence-corrected chi connectivity index (χ3v) is 7.06. The molecule has 4 bridgehead atoms. The Balaban J connectivity index is 1.39. The summed E-state index contributed by atoms with van der Waals surface area (Å²) in [6.07, 6.45) is 8.83. The van der Waals surface area contributed by atoms with Crippen LogP contribution in [-0.4, -0.2) is 27.9 Å². The molecule has 4 aliphatic rings. The number of hydrogen-bond donors (Lipinski definition) is 1. The molecule has 0 spiro atoms. The fourth-order valence-corrected chi connectivity index (χ4v) is 5.98. The van der Waals surface area contributed by atoms with E-state index >= 15 is 0 Å². The number of nitrogens with one attached hydrogen (secondary N) is 1. The molecule has 5 nitrogen and oxygen atoms in total. The zero-order valence-electron chi connectivity index (χ0n) is 14.6. The highest BCUT2D eigenvalue weighted by molar-refractivity contribution is 7.99. The number of carbonyl (C=O) groups is 1. The molecule has 5 rings (SSSR count). The van der Waals surface area contributed by atoms with Crippen molar-refractivity contribution in [3.8, 4) is 0 Å². The molecule has 0 unspecified atom stereocenters. The van der Waals surface area contributed by atoms with Crippen molar-refractivity contribution in [2.75, 3.05) is 5.75 Å². The molecule has 0 saturated heterocycles. The number of nitrogens with zero attached hydrogens (tertiary/aromatic N) is 2. The lowest BCUT2D eigenvalue weighted by Crippen LogP contribution is -2.48. The molecule has 1 aromatic heterocycles. The van der Waals surface area contributed by atoms with Gasteiger partial charge < -0.3 is 9.73 Å². The van der Waals surface area contributed by atoms with Gasteiger partial charge in [-0.15, -0.1) is 10.2 Å². The fraction of sp³-hybridized carbons (Fsp3) is 0.833. The Morgan fingerprint density at radius 3 is 2.46 bits per heavy atom. The van der Waals surface area contributed by atoms with Crippen molar-refractivity contribution in [1.29, 1.82) is 0 Å². The van der Waals surface area contributed by atoms with E-state index < -0.39 is 0 Å². The van der Waals surface area contributed by atoms with Crippen LogP contribution in [0.2, 0.25) is 0 Å². The van der Waals surface area contributed by atoms with Crippen molar-refractivity contribution in [3.63, 3.8) is 0 Å². The molecule has 132 valence electrons. The largest absolute Gasteiger partial charge is 0.415 e. The maximum absolute atomic E-state index is 11.9. The highest BCUT2D eigenvalue weighted by atomic mass is 32.2. The van der Waals surface area contributed by atoms with Gasteiger partial charge >= 0.3 is 0 Å². The van der Waals surface area contributed by atoms with Gasteiger partial charge in [-0.1, -0.05) is 18.7 Å².